The van der Waals surface area contributed by atoms with Crippen LogP contribution in [0.5, 0.6) is 0 Å². The van der Waals surface area contributed by atoms with E-state index >= 15 is 0 Å². The van der Waals surface area contributed by atoms with Crippen LogP contribution >= 0.6 is 0 Å². The van der Waals surface area contributed by atoms with Gasteiger partial charge >= 0.3 is 6.18 Å². The van der Waals surface area contributed by atoms with E-state index < -0.39 is 51.3 Å². The molecule has 212 valence electrons. The van der Waals surface area contributed by atoms with Crippen LogP contribution in [0.2, 0.25) is 0 Å². The Morgan fingerprint density at radius 3 is 2.31 bits per heavy atom. The summed E-state index contributed by atoms with van der Waals surface area (Å²) in [5, 5.41) is 2.77. The smallest absolute Gasteiger partial charge is 0.381 e. The molecule has 2 aliphatic rings. The van der Waals surface area contributed by atoms with Gasteiger partial charge < -0.3 is 15.0 Å². The molecular weight excluding hydrogens is 540 g/mol. The third kappa shape index (κ3) is 5.81. The van der Waals surface area contributed by atoms with Crippen LogP contribution < -0.4 is 5.32 Å². The SMILES string of the molecule is Cc1ccc(C(=O)N2[C@@H](C(=O)NC(c3ccc(C(F)(F)F)cc3F)C3COC3)C[C@@H](C)[C@H]2C)cc1S(C)(=O)=O. The first-order chi connectivity index (χ1) is 18.1. The number of likely N-dealkylation sites (tertiary alicyclic amines) is 1. The number of benzene rings is 2. The second kappa shape index (κ2) is 10.5. The molecule has 7 nitrogen and oxygen atoms in total. The molecule has 2 fully saturated rings. The molecule has 1 unspecified atom stereocenters. The molecule has 1 N–H and O–H groups in total. The van der Waals surface area contributed by atoms with E-state index in [1.54, 1.807) is 13.8 Å². The molecule has 4 rings (SSSR count). The van der Waals surface area contributed by atoms with Crippen LogP contribution in [0.25, 0.3) is 0 Å². The Bertz CT molecular complexity index is 1390. The quantitative estimate of drug-likeness (QED) is 0.523. The Morgan fingerprint density at radius 1 is 1.10 bits per heavy atom. The third-order valence-electron chi connectivity index (χ3n) is 7.66. The summed E-state index contributed by atoms with van der Waals surface area (Å²) >= 11 is 0. The van der Waals surface area contributed by atoms with Crippen LogP contribution in [0.3, 0.4) is 0 Å². The predicted octanol–water partition coefficient (Wildman–Crippen LogP) is 4.30. The Balaban J connectivity index is 1.63. The summed E-state index contributed by atoms with van der Waals surface area (Å²) < 4.78 is 83.7. The predicted molar refractivity (Wildman–Crippen MR) is 134 cm³/mol. The lowest BCUT2D eigenvalue weighted by Crippen LogP contribution is -2.51. The molecule has 0 bridgehead atoms. The molecule has 39 heavy (non-hydrogen) atoms. The number of nitrogens with one attached hydrogen (secondary N) is 1. The first-order valence-electron chi connectivity index (χ1n) is 12.5. The van der Waals surface area contributed by atoms with E-state index in [4.69, 9.17) is 4.74 Å². The summed E-state index contributed by atoms with van der Waals surface area (Å²) in [5.74, 6) is -2.66. The lowest BCUT2D eigenvalue weighted by atomic mass is 9.90. The number of alkyl halides is 3. The highest BCUT2D eigenvalue weighted by molar-refractivity contribution is 7.90. The van der Waals surface area contributed by atoms with Gasteiger partial charge in [0.25, 0.3) is 5.91 Å². The number of rotatable bonds is 6. The van der Waals surface area contributed by atoms with E-state index in [0.29, 0.717) is 18.1 Å². The topological polar surface area (TPSA) is 92.8 Å². The average Bonchev–Trinajstić information content (AvgIpc) is 3.10. The Kier molecular flexibility index (Phi) is 7.83. The number of aryl methyl sites for hydroxylation is 1. The van der Waals surface area contributed by atoms with Gasteiger partial charge in [-0.15, -0.1) is 0 Å². The van der Waals surface area contributed by atoms with Crippen LogP contribution in [0, 0.1) is 24.6 Å². The zero-order chi connectivity index (χ0) is 28.9. The zero-order valence-corrected chi connectivity index (χ0v) is 22.7. The molecule has 0 radical (unpaired) electrons. The number of ether oxygens (including phenoxy) is 1. The highest BCUT2D eigenvalue weighted by Gasteiger charge is 2.45. The maximum atomic E-state index is 14.9. The van der Waals surface area contributed by atoms with Gasteiger partial charge in [0.05, 0.1) is 29.7 Å². The minimum atomic E-state index is -4.72. The molecule has 0 spiro atoms. The normalized spacial score (nSPS) is 22.9. The fraction of sp³-hybridized carbons (Fsp3) is 0.481. The van der Waals surface area contributed by atoms with Crippen molar-refractivity contribution >= 4 is 21.7 Å². The monoisotopic (exact) mass is 570 g/mol. The summed E-state index contributed by atoms with van der Waals surface area (Å²) in [7, 11) is -3.60. The largest absolute Gasteiger partial charge is 0.416 e. The Labute approximate surface area is 224 Å². The van der Waals surface area contributed by atoms with Crippen LogP contribution in [-0.2, 0) is 25.5 Å². The van der Waals surface area contributed by atoms with Crippen molar-refractivity contribution in [2.45, 2.75) is 56.4 Å². The number of carbonyl (C=O) groups excluding carboxylic acids is 2. The van der Waals surface area contributed by atoms with Gasteiger partial charge in [-0.2, -0.15) is 13.2 Å². The van der Waals surface area contributed by atoms with Gasteiger partial charge in [-0.3, -0.25) is 9.59 Å². The van der Waals surface area contributed by atoms with Crippen molar-refractivity contribution in [3.8, 4) is 0 Å². The minimum Gasteiger partial charge on any atom is -0.381 e. The van der Waals surface area contributed by atoms with Crippen LogP contribution in [0.15, 0.2) is 41.3 Å². The molecule has 2 saturated heterocycles. The highest BCUT2D eigenvalue weighted by Crippen LogP contribution is 2.36. The zero-order valence-electron chi connectivity index (χ0n) is 21.9. The van der Waals surface area contributed by atoms with Crippen LogP contribution in [-0.4, -0.2) is 56.7 Å². The second-order valence-electron chi connectivity index (χ2n) is 10.5. The van der Waals surface area contributed by atoms with Crippen molar-refractivity contribution in [1.82, 2.24) is 10.2 Å². The molecule has 2 aromatic rings. The summed E-state index contributed by atoms with van der Waals surface area (Å²) in [6.07, 6.45) is -3.38. The van der Waals surface area contributed by atoms with Gasteiger partial charge in [-0.25, -0.2) is 12.8 Å². The van der Waals surface area contributed by atoms with E-state index in [-0.39, 0.29) is 47.1 Å². The molecule has 0 aliphatic carbocycles. The standard InChI is InChI=1S/C27H30F4N2O5S/c1-14-5-6-17(10-23(14)39(4,36)37)26(35)33-16(3)15(2)9-22(33)25(34)32-24(18-12-38-13-18)20-8-7-19(11-21(20)28)27(29,30)31/h5-8,10-11,15-16,18,22,24H,9,12-13H2,1-4H3,(H,32,34)/t15-,16-,22-,24?/m1/s1. The van der Waals surface area contributed by atoms with Gasteiger partial charge in [0.15, 0.2) is 9.84 Å². The van der Waals surface area contributed by atoms with Gasteiger partial charge in [-0.1, -0.05) is 19.1 Å². The van der Waals surface area contributed by atoms with E-state index in [1.165, 1.54) is 23.1 Å². The Morgan fingerprint density at radius 2 is 1.77 bits per heavy atom. The molecular formula is C27H30F4N2O5S. The van der Waals surface area contributed by atoms with Crippen molar-refractivity contribution in [1.29, 1.82) is 0 Å². The first-order valence-corrected chi connectivity index (χ1v) is 14.4. The summed E-state index contributed by atoms with van der Waals surface area (Å²) in [5.41, 5.74) is -0.647. The number of carbonyl (C=O) groups is 2. The average molecular weight is 571 g/mol. The number of hydrogen-bond acceptors (Lipinski definition) is 5. The molecule has 0 saturated carbocycles. The van der Waals surface area contributed by atoms with Gasteiger partial charge in [0, 0.05) is 29.3 Å². The van der Waals surface area contributed by atoms with E-state index in [0.717, 1.165) is 18.4 Å². The van der Waals surface area contributed by atoms with Gasteiger partial charge in [0.2, 0.25) is 5.91 Å². The number of sulfone groups is 1. The van der Waals surface area contributed by atoms with Crippen molar-refractivity contribution < 1.29 is 40.3 Å². The fourth-order valence-electron chi connectivity index (χ4n) is 5.16. The lowest BCUT2D eigenvalue weighted by Gasteiger charge is -2.36. The lowest BCUT2D eigenvalue weighted by molar-refractivity contribution is -0.138. The molecule has 2 amide bonds. The molecule has 2 heterocycles. The first kappa shape index (κ1) is 29.0. The van der Waals surface area contributed by atoms with E-state index in [9.17, 15) is 35.6 Å². The van der Waals surface area contributed by atoms with Crippen molar-refractivity contribution in [2.24, 2.45) is 11.8 Å². The van der Waals surface area contributed by atoms with Crippen molar-refractivity contribution in [3.05, 3.63) is 64.5 Å². The maximum Gasteiger partial charge on any atom is 0.416 e. The maximum absolute atomic E-state index is 14.9. The highest BCUT2D eigenvalue weighted by atomic mass is 32.2. The molecule has 0 aromatic heterocycles. The minimum absolute atomic E-state index is 0.0112. The molecule has 4 atom stereocenters. The number of halogens is 4. The number of hydrogen-bond donors (Lipinski definition) is 1. The third-order valence-corrected chi connectivity index (χ3v) is 8.90. The second-order valence-corrected chi connectivity index (χ2v) is 12.4. The molecule has 2 aliphatic heterocycles. The number of nitrogens with zero attached hydrogens (tertiary/aromatic N) is 1. The van der Waals surface area contributed by atoms with Gasteiger partial charge in [0.1, 0.15) is 11.9 Å². The van der Waals surface area contributed by atoms with E-state index in [2.05, 4.69) is 5.32 Å². The fourth-order valence-corrected chi connectivity index (χ4v) is 6.16. The van der Waals surface area contributed by atoms with Crippen LogP contribution in [0.4, 0.5) is 17.6 Å². The van der Waals surface area contributed by atoms with Crippen LogP contribution in [0.1, 0.15) is 53.4 Å². The van der Waals surface area contributed by atoms with Crippen molar-refractivity contribution in [3.63, 3.8) is 0 Å². The molecule has 12 heteroatoms. The molecule has 2 aromatic carbocycles. The van der Waals surface area contributed by atoms with E-state index in [1.807, 2.05) is 6.92 Å². The summed E-state index contributed by atoms with van der Waals surface area (Å²) in [6.45, 7) is 5.65. The summed E-state index contributed by atoms with van der Waals surface area (Å²) in [4.78, 5) is 28.6. The van der Waals surface area contributed by atoms with Gasteiger partial charge in [-0.05, 0) is 56.0 Å². The van der Waals surface area contributed by atoms with Crippen molar-refractivity contribution in [2.75, 3.05) is 19.5 Å². The summed E-state index contributed by atoms with van der Waals surface area (Å²) in [6, 6.07) is 4.23. The Hall–Kier alpha value is -2.99. The number of amides is 2.